The van der Waals surface area contributed by atoms with Crippen LogP contribution in [0, 0.1) is 11.8 Å². The zero-order valence-corrected chi connectivity index (χ0v) is 19.4. The first-order valence-electron chi connectivity index (χ1n) is 11.0. The van der Waals surface area contributed by atoms with Crippen LogP contribution in [-0.2, 0) is 26.2 Å². The Labute approximate surface area is 190 Å². The van der Waals surface area contributed by atoms with Crippen LogP contribution in [0.25, 0.3) is 0 Å². The molecule has 0 aromatic heterocycles. The molecule has 0 aliphatic carbocycles. The van der Waals surface area contributed by atoms with Crippen LogP contribution >= 0.6 is 0 Å². The maximum absolute atomic E-state index is 12.7. The van der Waals surface area contributed by atoms with Gasteiger partial charge in [-0.1, -0.05) is 44.2 Å². The minimum atomic E-state index is -3.52. The zero-order chi connectivity index (χ0) is 23.1. The molecule has 2 aromatic carbocycles. The predicted octanol–water partition coefficient (Wildman–Crippen LogP) is 3.39. The van der Waals surface area contributed by atoms with E-state index in [1.54, 1.807) is 30.3 Å². The molecule has 1 aliphatic rings. The highest BCUT2D eigenvalue weighted by atomic mass is 32.2. The van der Waals surface area contributed by atoms with Gasteiger partial charge in [-0.3, -0.25) is 9.59 Å². The maximum Gasteiger partial charge on any atom is 0.243 e. The van der Waals surface area contributed by atoms with Gasteiger partial charge in [0, 0.05) is 37.7 Å². The van der Waals surface area contributed by atoms with Crippen molar-refractivity contribution >= 4 is 27.5 Å². The van der Waals surface area contributed by atoms with Gasteiger partial charge in [-0.05, 0) is 48.6 Å². The van der Waals surface area contributed by atoms with Crippen LogP contribution < -0.4 is 10.6 Å². The predicted molar refractivity (Wildman–Crippen MR) is 124 cm³/mol. The molecule has 2 amide bonds. The van der Waals surface area contributed by atoms with Crippen molar-refractivity contribution in [2.45, 2.75) is 44.6 Å². The molecule has 1 saturated heterocycles. The summed E-state index contributed by atoms with van der Waals surface area (Å²) in [7, 11) is -3.52. The first-order chi connectivity index (χ1) is 15.3. The van der Waals surface area contributed by atoms with Gasteiger partial charge in [0.15, 0.2) is 0 Å². The van der Waals surface area contributed by atoms with Crippen molar-refractivity contribution in [1.29, 1.82) is 0 Å². The molecule has 7 nitrogen and oxygen atoms in total. The molecule has 0 saturated carbocycles. The lowest BCUT2D eigenvalue weighted by Crippen LogP contribution is -2.42. The first kappa shape index (κ1) is 23.9. The number of nitrogens with zero attached hydrogens (tertiary/aromatic N) is 1. The van der Waals surface area contributed by atoms with Gasteiger partial charge in [0.2, 0.25) is 21.8 Å². The van der Waals surface area contributed by atoms with Gasteiger partial charge < -0.3 is 10.6 Å². The van der Waals surface area contributed by atoms with Crippen molar-refractivity contribution in [3.8, 4) is 0 Å². The van der Waals surface area contributed by atoms with Crippen LogP contribution in [0.1, 0.15) is 38.7 Å². The molecule has 2 N–H and O–H groups in total. The number of benzene rings is 2. The second-order valence-corrected chi connectivity index (χ2v) is 10.5. The van der Waals surface area contributed by atoms with E-state index in [0.717, 1.165) is 5.56 Å². The van der Waals surface area contributed by atoms with Crippen molar-refractivity contribution in [3.05, 3.63) is 60.2 Å². The normalized spacial score (nSPS) is 15.5. The number of nitrogens with one attached hydrogen (secondary N) is 2. The van der Waals surface area contributed by atoms with E-state index in [-0.39, 0.29) is 28.5 Å². The highest BCUT2D eigenvalue weighted by Crippen LogP contribution is 2.24. The Hall–Kier alpha value is -2.71. The van der Waals surface area contributed by atoms with Gasteiger partial charge >= 0.3 is 0 Å². The average Bonchev–Trinajstić information content (AvgIpc) is 2.78. The lowest BCUT2D eigenvalue weighted by atomic mass is 9.97. The van der Waals surface area contributed by atoms with Crippen molar-refractivity contribution in [2.75, 3.05) is 18.4 Å². The molecule has 3 rings (SSSR count). The average molecular weight is 458 g/mol. The zero-order valence-electron chi connectivity index (χ0n) is 18.6. The molecule has 0 bridgehead atoms. The Kier molecular flexibility index (Phi) is 8.04. The van der Waals surface area contributed by atoms with E-state index < -0.39 is 10.0 Å². The molecule has 0 atom stereocenters. The van der Waals surface area contributed by atoms with Gasteiger partial charge in [0.25, 0.3) is 0 Å². The number of carbonyl (C=O) groups is 2. The Morgan fingerprint density at radius 3 is 2.38 bits per heavy atom. The van der Waals surface area contributed by atoms with E-state index in [0.29, 0.717) is 44.6 Å². The second kappa shape index (κ2) is 10.7. The lowest BCUT2D eigenvalue weighted by molar-refractivity contribution is -0.126. The third-order valence-electron chi connectivity index (χ3n) is 5.48. The van der Waals surface area contributed by atoms with E-state index in [2.05, 4.69) is 10.6 Å². The van der Waals surface area contributed by atoms with E-state index >= 15 is 0 Å². The minimum Gasteiger partial charge on any atom is -0.352 e. The van der Waals surface area contributed by atoms with Crippen LogP contribution in [0.4, 0.5) is 5.69 Å². The molecule has 8 heteroatoms. The Morgan fingerprint density at radius 1 is 1.03 bits per heavy atom. The van der Waals surface area contributed by atoms with E-state index in [1.165, 1.54) is 4.31 Å². The molecule has 172 valence electrons. The summed E-state index contributed by atoms with van der Waals surface area (Å²) >= 11 is 0. The Bertz CT molecular complexity index is 1030. The van der Waals surface area contributed by atoms with Gasteiger partial charge in [-0.25, -0.2) is 8.42 Å². The van der Waals surface area contributed by atoms with Crippen molar-refractivity contribution in [3.63, 3.8) is 0 Å². The van der Waals surface area contributed by atoms with Crippen LogP contribution in [0.3, 0.4) is 0 Å². The quantitative estimate of drug-likeness (QED) is 0.635. The summed E-state index contributed by atoms with van der Waals surface area (Å²) in [4.78, 5) is 24.9. The van der Waals surface area contributed by atoms with E-state index in [4.69, 9.17) is 0 Å². The minimum absolute atomic E-state index is 0.0293. The summed E-state index contributed by atoms with van der Waals surface area (Å²) in [5.74, 6) is -0.0351. The summed E-state index contributed by atoms with van der Waals surface area (Å²) in [6.45, 7) is 4.99. The highest BCUT2D eigenvalue weighted by Gasteiger charge is 2.31. The van der Waals surface area contributed by atoms with Crippen molar-refractivity contribution in [2.24, 2.45) is 11.8 Å². The molecular weight excluding hydrogens is 426 g/mol. The van der Waals surface area contributed by atoms with Crippen LogP contribution in [-0.4, -0.2) is 37.6 Å². The number of piperidine rings is 1. The summed E-state index contributed by atoms with van der Waals surface area (Å²) < 4.78 is 26.9. The molecule has 1 aliphatic heterocycles. The third kappa shape index (κ3) is 6.40. The smallest absolute Gasteiger partial charge is 0.243 e. The van der Waals surface area contributed by atoms with Gasteiger partial charge in [0.1, 0.15) is 0 Å². The number of hydrogen-bond donors (Lipinski definition) is 2. The molecular formula is C24H31N3O4S. The van der Waals surface area contributed by atoms with Crippen LogP contribution in [0.5, 0.6) is 0 Å². The summed E-state index contributed by atoms with van der Waals surface area (Å²) in [6, 6.07) is 15.8. The van der Waals surface area contributed by atoms with Gasteiger partial charge in [0.05, 0.1) is 4.90 Å². The van der Waals surface area contributed by atoms with Gasteiger partial charge in [-0.2, -0.15) is 4.31 Å². The van der Waals surface area contributed by atoms with E-state index in [9.17, 15) is 18.0 Å². The third-order valence-corrected chi connectivity index (χ3v) is 7.39. The first-order valence-corrected chi connectivity index (χ1v) is 12.4. The number of anilines is 1. The van der Waals surface area contributed by atoms with Crippen LogP contribution in [0.2, 0.25) is 0 Å². The molecule has 1 fully saturated rings. The van der Waals surface area contributed by atoms with Crippen molar-refractivity contribution in [1.82, 2.24) is 9.62 Å². The van der Waals surface area contributed by atoms with Crippen molar-refractivity contribution < 1.29 is 18.0 Å². The Balaban J connectivity index is 1.49. The monoisotopic (exact) mass is 457 g/mol. The standard InChI is InChI=1S/C24H31N3O4S/c1-18(2)15-23(28)26-21-8-6-7-19(16-21)17-25-24(29)20-11-13-27(14-12-20)32(30,31)22-9-4-3-5-10-22/h3-10,16,18,20H,11-15,17H2,1-2H3,(H,25,29)(H,26,28). The summed E-state index contributed by atoms with van der Waals surface area (Å²) in [5, 5.41) is 5.83. The fourth-order valence-corrected chi connectivity index (χ4v) is 5.27. The molecule has 1 heterocycles. The SMILES string of the molecule is CC(C)CC(=O)Nc1cccc(CNC(=O)C2CCN(S(=O)(=O)c3ccccc3)CC2)c1. The van der Waals surface area contributed by atoms with Crippen LogP contribution in [0.15, 0.2) is 59.5 Å². The molecule has 0 spiro atoms. The van der Waals surface area contributed by atoms with E-state index in [1.807, 2.05) is 38.1 Å². The second-order valence-electron chi connectivity index (χ2n) is 8.56. The largest absolute Gasteiger partial charge is 0.352 e. The highest BCUT2D eigenvalue weighted by molar-refractivity contribution is 7.89. The maximum atomic E-state index is 12.7. The molecule has 2 aromatic rings. The number of hydrogen-bond acceptors (Lipinski definition) is 4. The summed E-state index contributed by atoms with van der Waals surface area (Å²) in [5.41, 5.74) is 1.60. The summed E-state index contributed by atoms with van der Waals surface area (Å²) in [6.07, 6.45) is 1.44. The number of sulfonamides is 1. The molecule has 0 unspecified atom stereocenters. The lowest BCUT2D eigenvalue weighted by Gasteiger charge is -2.30. The fourth-order valence-electron chi connectivity index (χ4n) is 3.78. The topological polar surface area (TPSA) is 95.6 Å². The number of carbonyl (C=O) groups excluding carboxylic acids is 2. The molecule has 32 heavy (non-hydrogen) atoms. The Morgan fingerprint density at radius 2 is 1.72 bits per heavy atom. The number of amides is 2. The van der Waals surface area contributed by atoms with Gasteiger partial charge in [-0.15, -0.1) is 0 Å². The molecule has 0 radical (unpaired) electrons. The number of rotatable bonds is 8. The fraction of sp³-hybridized carbons (Fsp3) is 0.417.